The van der Waals surface area contributed by atoms with Crippen LogP contribution in [0.4, 0.5) is 5.69 Å². The van der Waals surface area contributed by atoms with Crippen LogP contribution in [0.3, 0.4) is 0 Å². The van der Waals surface area contributed by atoms with Gasteiger partial charge in [-0.3, -0.25) is 9.10 Å². The van der Waals surface area contributed by atoms with Gasteiger partial charge in [0.2, 0.25) is 15.9 Å². The molecule has 0 aliphatic rings. The lowest BCUT2D eigenvalue weighted by atomic mass is 10.2. The van der Waals surface area contributed by atoms with Crippen LogP contribution in [0.15, 0.2) is 47.1 Å². The van der Waals surface area contributed by atoms with E-state index in [9.17, 15) is 13.2 Å². The molecule has 0 bridgehead atoms. The molecule has 1 aromatic heterocycles. The van der Waals surface area contributed by atoms with Gasteiger partial charge in [0.1, 0.15) is 17.6 Å². The van der Waals surface area contributed by atoms with Crippen LogP contribution in [-0.2, 0) is 20.6 Å². The van der Waals surface area contributed by atoms with Crippen molar-refractivity contribution in [1.29, 1.82) is 0 Å². The Morgan fingerprint density at radius 1 is 1.30 bits per heavy atom. The molecule has 148 valence electrons. The minimum Gasteiger partial charge on any atom is -0.497 e. The number of hydrogen-bond acceptors (Lipinski definition) is 6. The number of ether oxygens (including phenoxy) is 1. The maximum atomic E-state index is 12.4. The van der Waals surface area contributed by atoms with E-state index in [1.165, 1.54) is 7.11 Å². The number of benzene rings is 1. The molecule has 1 heterocycles. The van der Waals surface area contributed by atoms with E-state index in [0.29, 0.717) is 23.7 Å². The number of nitrogens with zero attached hydrogens (tertiary/aromatic N) is 1. The van der Waals surface area contributed by atoms with Crippen LogP contribution in [0.25, 0.3) is 0 Å². The second-order valence-electron chi connectivity index (χ2n) is 5.86. The summed E-state index contributed by atoms with van der Waals surface area (Å²) in [7, 11) is -2.10. The van der Waals surface area contributed by atoms with Crippen LogP contribution in [0.5, 0.6) is 5.75 Å². The van der Waals surface area contributed by atoms with Crippen molar-refractivity contribution < 1.29 is 22.4 Å². The van der Waals surface area contributed by atoms with E-state index in [0.717, 1.165) is 22.1 Å². The zero-order valence-electron chi connectivity index (χ0n) is 15.5. The standard InChI is InChI=1S/C18H24N2O5S2/c1-14(18(21)19-10-12-26-13-17-5-4-11-25-17)20(27(3,22)23)15-6-8-16(24-2)9-7-15/h4-9,11,14H,10,12-13H2,1-3H3,(H,19,21)/t14-/m1/s1. The quantitative estimate of drug-likeness (QED) is 0.603. The third-order valence-electron chi connectivity index (χ3n) is 3.79. The second kappa shape index (κ2) is 9.70. The van der Waals surface area contributed by atoms with Crippen LogP contribution in [0.1, 0.15) is 12.7 Å². The predicted octanol–water partition coefficient (Wildman–Crippen LogP) is 2.49. The van der Waals surface area contributed by atoms with Crippen molar-refractivity contribution in [2.45, 2.75) is 18.7 Å². The summed E-state index contributed by atoms with van der Waals surface area (Å²) in [5.41, 5.74) is 0.410. The van der Waals surface area contributed by atoms with Gasteiger partial charge in [0.25, 0.3) is 0 Å². The lowest BCUT2D eigenvalue weighted by Crippen LogP contribution is -2.48. The zero-order chi connectivity index (χ0) is 19.9. The topological polar surface area (TPSA) is 88.8 Å². The molecular formula is C18H24N2O5S2. The highest BCUT2D eigenvalue weighted by atomic mass is 32.2. The van der Waals surface area contributed by atoms with E-state index in [1.54, 1.807) is 49.2 Å². The molecule has 0 saturated heterocycles. The number of carbonyl (C=O) groups excluding carboxylic acids is 1. The number of methoxy groups -OCH3 is 1. The van der Waals surface area contributed by atoms with Gasteiger partial charge >= 0.3 is 0 Å². The minimum atomic E-state index is -3.63. The van der Waals surface area contributed by atoms with Gasteiger partial charge in [-0.15, -0.1) is 0 Å². The highest BCUT2D eigenvalue weighted by molar-refractivity contribution is 7.98. The summed E-state index contributed by atoms with van der Waals surface area (Å²) in [6.45, 7) is 2.01. The lowest BCUT2D eigenvalue weighted by Gasteiger charge is -2.28. The third-order valence-corrected chi connectivity index (χ3v) is 6.01. The first-order valence-corrected chi connectivity index (χ1v) is 11.3. The van der Waals surface area contributed by atoms with Gasteiger partial charge in [0.15, 0.2) is 0 Å². The Morgan fingerprint density at radius 2 is 2.00 bits per heavy atom. The van der Waals surface area contributed by atoms with Gasteiger partial charge in [-0.05, 0) is 43.3 Å². The number of carbonyl (C=O) groups is 1. The predicted molar refractivity (Wildman–Crippen MR) is 108 cm³/mol. The summed E-state index contributed by atoms with van der Waals surface area (Å²) in [6, 6.07) is 9.40. The van der Waals surface area contributed by atoms with Crippen molar-refractivity contribution in [2.75, 3.05) is 30.0 Å². The molecule has 0 aliphatic heterocycles. The number of thioether (sulfide) groups is 1. The molecular weight excluding hydrogens is 388 g/mol. The summed E-state index contributed by atoms with van der Waals surface area (Å²) < 4.78 is 35.9. The number of furan rings is 1. The molecule has 2 aromatic rings. The first-order chi connectivity index (χ1) is 12.8. The maximum Gasteiger partial charge on any atom is 0.243 e. The molecule has 7 nitrogen and oxygen atoms in total. The highest BCUT2D eigenvalue weighted by Gasteiger charge is 2.28. The number of amides is 1. The summed E-state index contributed by atoms with van der Waals surface area (Å²) in [6.07, 6.45) is 2.71. The smallest absolute Gasteiger partial charge is 0.243 e. The first-order valence-electron chi connectivity index (χ1n) is 8.34. The van der Waals surface area contributed by atoms with Crippen LogP contribution in [0.2, 0.25) is 0 Å². The van der Waals surface area contributed by atoms with Crippen LogP contribution >= 0.6 is 11.8 Å². The summed E-state index contributed by atoms with van der Waals surface area (Å²) in [5.74, 6) is 2.55. The molecule has 0 aliphatic carbocycles. The number of anilines is 1. The average molecular weight is 413 g/mol. The van der Waals surface area contributed by atoms with Gasteiger partial charge in [-0.2, -0.15) is 11.8 Å². The highest BCUT2D eigenvalue weighted by Crippen LogP contribution is 2.23. The average Bonchev–Trinajstić information content (AvgIpc) is 3.14. The molecule has 1 atom stereocenters. The second-order valence-corrected chi connectivity index (χ2v) is 8.82. The Labute approximate surface area is 164 Å². The number of nitrogens with one attached hydrogen (secondary N) is 1. The van der Waals surface area contributed by atoms with Gasteiger partial charge < -0.3 is 14.5 Å². The lowest BCUT2D eigenvalue weighted by molar-refractivity contribution is -0.121. The van der Waals surface area contributed by atoms with Gasteiger partial charge in [0, 0.05) is 12.3 Å². The summed E-state index contributed by atoms with van der Waals surface area (Å²) in [4.78, 5) is 12.4. The SMILES string of the molecule is COc1ccc(N([C@H](C)C(=O)NCCSCc2ccco2)S(C)(=O)=O)cc1. The Hall–Kier alpha value is -2.13. The van der Waals surface area contributed by atoms with Crippen LogP contribution in [0, 0.1) is 0 Å². The first kappa shape index (κ1) is 21.2. The molecule has 2 rings (SSSR count). The fourth-order valence-corrected chi connectivity index (χ4v) is 4.43. The zero-order valence-corrected chi connectivity index (χ0v) is 17.2. The van der Waals surface area contributed by atoms with Crippen molar-refractivity contribution in [3.63, 3.8) is 0 Å². The molecule has 0 saturated carbocycles. The van der Waals surface area contributed by atoms with E-state index in [1.807, 2.05) is 12.1 Å². The molecule has 1 N–H and O–H groups in total. The summed E-state index contributed by atoms with van der Waals surface area (Å²) in [5, 5.41) is 2.79. The molecule has 0 radical (unpaired) electrons. The largest absolute Gasteiger partial charge is 0.497 e. The van der Waals surface area contributed by atoms with Gasteiger partial charge in [-0.1, -0.05) is 0 Å². The fourth-order valence-electron chi connectivity index (χ4n) is 2.50. The van der Waals surface area contributed by atoms with Gasteiger partial charge in [0.05, 0.1) is 31.1 Å². The van der Waals surface area contributed by atoms with Crippen molar-refractivity contribution in [1.82, 2.24) is 5.32 Å². The molecule has 0 spiro atoms. The molecule has 27 heavy (non-hydrogen) atoms. The number of hydrogen-bond donors (Lipinski definition) is 1. The Morgan fingerprint density at radius 3 is 2.56 bits per heavy atom. The van der Waals surface area contributed by atoms with Crippen molar-refractivity contribution in [2.24, 2.45) is 0 Å². The molecule has 0 fully saturated rings. The molecule has 1 amide bonds. The molecule has 9 heteroatoms. The van der Waals surface area contributed by atoms with E-state index < -0.39 is 16.1 Å². The van der Waals surface area contributed by atoms with E-state index in [-0.39, 0.29) is 5.91 Å². The Bertz CT molecular complexity index is 820. The van der Waals surface area contributed by atoms with Crippen molar-refractivity contribution in [3.05, 3.63) is 48.4 Å². The van der Waals surface area contributed by atoms with Crippen molar-refractivity contribution >= 4 is 33.4 Å². The minimum absolute atomic E-state index is 0.352. The van der Waals surface area contributed by atoms with Crippen LogP contribution < -0.4 is 14.4 Å². The Kier molecular flexibility index (Phi) is 7.61. The third kappa shape index (κ3) is 6.21. The maximum absolute atomic E-state index is 12.4. The van der Waals surface area contributed by atoms with Crippen molar-refractivity contribution in [3.8, 4) is 5.75 Å². The monoisotopic (exact) mass is 412 g/mol. The normalized spacial score (nSPS) is 12.4. The summed E-state index contributed by atoms with van der Waals surface area (Å²) >= 11 is 1.62. The number of rotatable bonds is 10. The fraction of sp³-hybridized carbons (Fsp3) is 0.389. The number of sulfonamides is 1. The molecule has 0 unspecified atom stereocenters. The Balaban J connectivity index is 1.93. The van der Waals surface area contributed by atoms with Gasteiger partial charge in [-0.25, -0.2) is 8.42 Å². The van der Waals surface area contributed by atoms with Crippen LogP contribution in [-0.4, -0.2) is 46.0 Å². The van der Waals surface area contributed by atoms with E-state index >= 15 is 0 Å². The van der Waals surface area contributed by atoms with E-state index in [2.05, 4.69) is 5.32 Å². The molecule has 1 aromatic carbocycles. The van der Waals surface area contributed by atoms with E-state index in [4.69, 9.17) is 9.15 Å².